The third kappa shape index (κ3) is 5.81. The van der Waals surface area contributed by atoms with Crippen molar-refractivity contribution in [3.63, 3.8) is 0 Å². The van der Waals surface area contributed by atoms with Gasteiger partial charge in [0.25, 0.3) is 0 Å². The first-order valence-corrected chi connectivity index (χ1v) is 17.9. The summed E-state index contributed by atoms with van der Waals surface area (Å²) in [5.41, 5.74) is 2.83. The molecule has 0 bridgehead atoms. The zero-order chi connectivity index (χ0) is 26.5. The van der Waals surface area contributed by atoms with Crippen molar-refractivity contribution in [2.24, 2.45) is 23.7 Å². The minimum Gasteiger partial charge on any atom is -0.490 e. The molecule has 2 unspecified atom stereocenters. The van der Waals surface area contributed by atoms with Gasteiger partial charge in [-0.15, -0.1) is 0 Å². The van der Waals surface area contributed by atoms with E-state index in [9.17, 15) is 5.11 Å². The van der Waals surface area contributed by atoms with Crippen molar-refractivity contribution in [1.82, 2.24) is 0 Å². The van der Waals surface area contributed by atoms with Crippen LogP contribution in [0, 0.1) is 23.7 Å². The number of fused-ring (bicyclic) bond motifs is 1. The van der Waals surface area contributed by atoms with E-state index in [-0.39, 0.29) is 17.9 Å². The normalized spacial score (nSPS) is 35.3. The topological polar surface area (TPSA) is 47.9 Å². The first kappa shape index (κ1) is 27.2. The molecule has 2 aromatic carbocycles. The fourth-order valence-corrected chi connectivity index (χ4v) is 7.74. The highest BCUT2D eigenvalue weighted by Gasteiger charge is 2.53. The van der Waals surface area contributed by atoms with Gasteiger partial charge in [0.15, 0.2) is 8.32 Å². The zero-order valence-electron chi connectivity index (χ0n) is 23.2. The molecule has 1 saturated heterocycles. The highest BCUT2D eigenvalue weighted by Crippen LogP contribution is 2.52. The van der Waals surface area contributed by atoms with Gasteiger partial charge in [-0.1, -0.05) is 50.6 Å². The Morgan fingerprint density at radius 3 is 2.30 bits per heavy atom. The number of hydrogen-bond donors (Lipinski definition) is 1. The lowest BCUT2D eigenvalue weighted by atomic mass is 9.77. The molecule has 202 valence electrons. The molecule has 1 aliphatic heterocycles. The maximum absolute atomic E-state index is 12.1. The standard InChI is InChI=1S/C31H43ClO4Si/c1-7-29-19(2)20(3)30(36-37(4,5)6)31(33,35-29)25-10-13-28(32)24(16-25)14-21-8-11-26(12-9-21)34-27-17-22-15-23(22)18-27/h8-13,16,19-20,22-23,27,29-30,33H,7,14-15,17-18H2,1-6H3/t19-,20-,22-,23+,27?,29+,30+,31?/m0/s1. The van der Waals surface area contributed by atoms with Gasteiger partial charge in [0, 0.05) is 10.6 Å². The molecule has 0 spiro atoms. The highest BCUT2D eigenvalue weighted by atomic mass is 35.5. The summed E-state index contributed by atoms with van der Waals surface area (Å²) < 4.78 is 19.3. The Bertz CT molecular complexity index is 1090. The molecule has 2 aliphatic carbocycles. The summed E-state index contributed by atoms with van der Waals surface area (Å²) in [6.45, 7) is 13.0. The second-order valence-electron chi connectivity index (χ2n) is 12.7. The van der Waals surface area contributed by atoms with E-state index >= 15 is 0 Å². The Morgan fingerprint density at radius 2 is 1.68 bits per heavy atom. The average Bonchev–Trinajstić information content (AvgIpc) is 3.46. The quantitative estimate of drug-likeness (QED) is 0.350. The maximum Gasteiger partial charge on any atom is 0.218 e. The van der Waals surface area contributed by atoms with E-state index in [4.69, 9.17) is 25.5 Å². The van der Waals surface area contributed by atoms with E-state index in [1.165, 1.54) is 19.3 Å². The molecule has 37 heavy (non-hydrogen) atoms. The number of ether oxygens (including phenoxy) is 2. The van der Waals surface area contributed by atoms with Crippen molar-refractivity contribution in [2.45, 2.75) is 96.6 Å². The lowest BCUT2D eigenvalue weighted by Crippen LogP contribution is -2.59. The Morgan fingerprint density at radius 1 is 1.00 bits per heavy atom. The number of halogens is 1. The van der Waals surface area contributed by atoms with Crippen LogP contribution in [-0.4, -0.2) is 31.7 Å². The van der Waals surface area contributed by atoms with Gasteiger partial charge in [0.1, 0.15) is 11.9 Å². The van der Waals surface area contributed by atoms with Gasteiger partial charge >= 0.3 is 0 Å². The number of hydrogen-bond acceptors (Lipinski definition) is 4. The van der Waals surface area contributed by atoms with Crippen LogP contribution < -0.4 is 4.74 Å². The number of benzene rings is 2. The van der Waals surface area contributed by atoms with E-state index in [2.05, 4.69) is 64.7 Å². The first-order chi connectivity index (χ1) is 17.5. The Kier molecular flexibility index (Phi) is 7.58. The summed E-state index contributed by atoms with van der Waals surface area (Å²) in [4.78, 5) is 0. The van der Waals surface area contributed by atoms with Gasteiger partial charge in [-0.25, -0.2) is 0 Å². The molecular weight excluding hydrogens is 500 g/mol. The molecule has 2 aromatic rings. The Balaban J connectivity index is 1.37. The van der Waals surface area contributed by atoms with E-state index < -0.39 is 20.2 Å². The van der Waals surface area contributed by atoms with E-state index in [1.807, 2.05) is 18.2 Å². The van der Waals surface area contributed by atoms with E-state index in [0.29, 0.717) is 23.1 Å². The van der Waals surface area contributed by atoms with Gasteiger partial charge in [0.2, 0.25) is 5.79 Å². The summed E-state index contributed by atoms with van der Waals surface area (Å²) in [7, 11) is -1.95. The van der Waals surface area contributed by atoms with Gasteiger partial charge in [-0.3, -0.25) is 0 Å². The van der Waals surface area contributed by atoms with Crippen LogP contribution in [0.2, 0.25) is 24.7 Å². The fourth-order valence-electron chi connectivity index (χ4n) is 6.42. The van der Waals surface area contributed by atoms with Crippen LogP contribution in [0.3, 0.4) is 0 Å². The molecule has 3 fully saturated rings. The van der Waals surface area contributed by atoms with Crippen LogP contribution in [0.15, 0.2) is 42.5 Å². The molecular formula is C31H43ClO4Si. The van der Waals surface area contributed by atoms with Gasteiger partial charge in [-0.2, -0.15) is 0 Å². The van der Waals surface area contributed by atoms with Gasteiger partial charge < -0.3 is 19.0 Å². The molecule has 0 aromatic heterocycles. The third-order valence-corrected chi connectivity index (χ3v) is 10.1. The average molecular weight is 543 g/mol. The van der Waals surface area contributed by atoms with Crippen molar-refractivity contribution in [1.29, 1.82) is 0 Å². The van der Waals surface area contributed by atoms with Crippen molar-refractivity contribution >= 4 is 19.9 Å². The van der Waals surface area contributed by atoms with E-state index in [0.717, 1.165) is 35.1 Å². The van der Waals surface area contributed by atoms with Crippen molar-refractivity contribution in [3.05, 3.63) is 64.2 Å². The third-order valence-electron chi connectivity index (χ3n) is 8.77. The lowest BCUT2D eigenvalue weighted by Gasteiger charge is -2.51. The van der Waals surface area contributed by atoms with Crippen LogP contribution in [0.4, 0.5) is 0 Å². The Labute approximate surface area is 228 Å². The van der Waals surface area contributed by atoms with Crippen LogP contribution in [0.5, 0.6) is 5.75 Å². The maximum atomic E-state index is 12.1. The minimum absolute atomic E-state index is 0.0427. The summed E-state index contributed by atoms with van der Waals surface area (Å²) in [5.74, 6) is 1.68. The molecule has 0 amide bonds. The summed E-state index contributed by atoms with van der Waals surface area (Å²) in [6, 6.07) is 14.2. The minimum atomic E-state index is -1.95. The number of rotatable bonds is 8. The molecule has 1 heterocycles. The molecule has 3 aliphatic rings. The second-order valence-corrected chi connectivity index (χ2v) is 17.6. The monoisotopic (exact) mass is 542 g/mol. The van der Waals surface area contributed by atoms with Crippen molar-refractivity contribution in [3.8, 4) is 5.75 Å². The molecule has 2 saturated carbocycles. The van der Waals surface area contributed by atoms with Gasteiger partial charge in [-0.05, 0) is 111 Å². The van der Waals surface area contributed by atoms with Crippen LogP contribution in [0.25, 0.3) is 0 Å². The van der Waals surface area contributed by atoms with Crippen molar-refractivity contribution < 1.29 is 19.0 Å². The summed E-state index contributed by atoms with van der Waals surface area (Å²) in [5, 5.41) is 12.8. The fraction of sp³-hybridized carbons (Fsp3) is 0.613. The number of aliphatic hydroxyl groups is 1. The SMILES string of the molecule is CC[C@H]1OC(O)(c2ccc(Cl)c(Cc3ccc(OC4C[C@@H]5C[C@@H]5C4)cc3)c2)[C@H](O[Si](C)(C)C)[C@@H](C)[C@@H]1C. The molecule has 8 atom stereocenters. The van der Waals surface area contributed by atoms with Crippen LogP contribution in [0.1, 0.15) is 63.1 Å². The van der Waals surface area contributed by atoms with E-state index in [1.54, 1.807) is 0 Å². The van der Waals surface area contributed by atoms with Crippen molar-refractivity contribution in [2.75, 3.05) is 0 Å². The summed E-state index contributed by atoms with van der Waals surface area (Å²) in [6.07, 6.45) is 5.21. The van der Waals surface area contributed by atoms with Crippen LogP contribution in [-0.2, 0) is 21.4 Å². The molecule has 1 N–H and O–H groups in total. The molecule has 4 nitrogen and oxygen atoms in total. The zero-order valence-corrected chi connectivity index (χ0v) is 24.9. The molecule has 6 heteroatoms. The van der Waals surface area contributed by atoms with Gasteiger partial charge in [0.05, 0.1) is 12.2 Å². The highest BCUT2D eigenvalue weighted by molar-refractivity contribution is 6.69. The largest absolute Gasteiger partial charge is 0.490 e. The predicted octanol–water partition coefficient (Wildman–Crippen LogP) is 7.55. The predicted molar refractivity (Wildman–Crippen MR) is 152 cm³/mol. The summed E-state index contributed by atoms with van der Waals surface area (Å²) >= 11 is 6.67. The smallest absolute Gasteiger partial charge is 0.218 e. The Hall–Kier alpha value is -1.37. The second kappa shape index (κ2) is 10.3. The van der Waals surface area contributed by atoms with Crippen LogP contribution >= 0.6 is 11.6 Å². The molecule has 5 rings (SSSR count). The molecule has 0 radical (unpaired) electrons. The lowest BCUT2D eigenvalue weighted by molar-refractivity contribution is -0.331. The first-order valence-electron chi connectivity index (χ1n) is 14.1.